The van der Waals surface area contributed by atoms with Crippen LogP contribution in [0, 0.1) is 0 Å². The molecular formula is C43H29N3O. The Balaban J connectivity index is 1.20. The van der Waals surface area contributed by atoms with Gasteiger partial charge in [0.25, 0.3) is 0 Å². The Morgan fingerprint density at radius 3 is 1.94 bits per heavy atom. The van der Waals surface area contributed by atoms with Crippen molar-refractivity contribution in [2.75, 3.05) is 0 Å². The van der Waals surface area contributed by atoms with Crippen molar-refractivity contribution < 1.29 is 4.42 Å². The van der Waals surface area contributed by atoms with Gasteiger partial charge in [-0.05, 0) is 62.9 Å². The second-order valence-electron chi connectivity index (χ2n) is 11.9. The lowest BCUT2D eigenvalue weighted by atomic mass is 10.00. The highest BCUT2D eigenvalue weighted by molar-refractivity contribution is 6.22. The van der Waals surface area contributed by atoms with Crippen molar-refractivity contribution in [2.45, 2.75) is 6.17 Å². The maximum absolute atomic E-state index is 6.38. The molecule has 0 aliphatic carbocycles. The Bertz CT molecular complexity index is 2480. The average molecular weight is 604 g/mol. The van der Waals surface area contributed by atoms with Crippen LogP contribution < -0.4 is 5.32 Å². The third-order valence-electron chi connectivity index (χ3n) is 8.94. The van der Waals surface area contributed by atoms with Crippen molar-refractivity contribution in [1.82, 2.24) is 5.32 Å². The molecule has 1 unspecified atom stereocenters. The standard InChI is InChI=1S/C43H29N3O/c1-3-10-28(11-4-1)31-18-21-32(22-19-31)41-44-42(35-23-20-30-14-7-8-15-33(30)26-35)46-43(45-41)36-16-9-17-39-40(36)37-27-34(24-25-38(37)47-39)29-12-5-2-6-13-29/h1-27,41H,(H,44,45,46). The fourth-order valence-corrected chi connectivity index (χ4v) is 6.54. The van der Waals surface area contributed by atoms with Gasteiger partial charge in [-0.3, -0.25) is 0 Å². The minimum absolute atomic E-state index is 0.331. The number of furan rings is 1. The summed E-state index contributed by atoms with van der Waals surface area (Å²) >= 11 is 0. The fourth-order valence-electron chi connectivity index (χ4n) is 6.54. The molecule has 1 N–H and O–H groups in total. The molecule has 47 heavy (non-hydrogen) atoms. The number of rotatable bonds is 5. The van der Waals surface area contributed by atoms with Crippen molar-refractivity contribution in [1.29, 1.82) is 0 Å². The summed E-state index contributed by atoms with van der Waals surface area (Å²) in [4.78, 5) is 10.5. The Morgan fingerprint density at radius 2 is 1.15 bits per heavy atom. The molecule has 8 aromatic rings. The summed E-state index contributed by atoms with van der Waals surface area (Å²) in [6.07, 6.45) is -0.331. The predicted molar refractivity (Wildman–Crippen MR) is 194 cm³/mol. The second kappa shape index (κ2) is 11.3. The first-order chi connectivity index (χ1) is 23.3. The van der Waals surface area contributed by atoms with Crippen LogP contribution in [0.3, 0.4) is 0 Å². The average Bonchev–Trinajstić information content (AvgIpc) is 3.53. The minimum Gasteiger partial charge on any atom is -0.456 e. The number of benzene rings is 7. The van der Waals surface area contributed by atoms with E-state index in [9.17, 15) is 0 Å². The molecule has 0 amide bonds. The monoisotopic (exact) mass is 603 g/mol. The van der Waals surface area contributed by atoms with Gasteiger partial charge in [0.2, 0.25) is 0 Å². The van der Waals surface area contributed by atoms with Gasteiger partial charge >= 0.3 is 0 Å². The van der Waals surface area contributed by atoms with E-state index in [4.69, 9.17) is 14.4 Å². The zero-order valence-electron chi connectivity index (χ0n) is 25.5. The van der Waals surface area contributed by atoms with Crippen LogP contribution in [0.2, 0.25) is 0 Å². The van der Waals surface area contributed by atoms with Gasteiger partial charge in [-0.1, -0.05) is 140 Å². The van der Waals surface area contributed by atoms with E-state index in [0.29, 0.717) is 5.84 Å². The number of amidine groups is 2. The Hall–Kier alpha value is -6.26. The molecule has 1 aliphatic rings. The molecule has 1 aliphatic heterocycles. The van der Waals surface area contributed by atoms with Crippen molar-refractivity contribution >= 4 is 44.4 Å². The zero-order valence-corrected chi connectivity index (χ0v) is 25.5. The summed E-state index contributed by atoms with van der Waals surface area (Å²) < 4.78 is 6.38. The van der Waals surface area contributed by atoms with Crippen molar-refractivity contribution in [3.8, 4) is 22.3 Å². The van der Waals surface area contributed by atoms with Crippen LogP contribution in [0.4, 0.5) is 0 Å². The Morgan fingerprint density at radius 1 is 0.489 bits per heavy atom. The molecule has 0 saturated heterocycles. The third-order valence-corrected chi connectivity index (χ3v) is 8.94. The SMILES string of the molecule is c1ccc(-c2ccc(C3N=C(c4cccc5oc6ccc(-c7ccccc7)cc6c45)N=C(c4ccc5ccccc5c4)N3)cc2)cc1. The van der Waals surface area contributed by atoms with E-state index in [1.807, 2.05) is 24.3 Å². The van der Waals surface area contributed by atoms with Crippen molar-refractivity contribution in [2.24, 2.45) is 9.98 Å². The second-order valence-corrected chi connectivity index (χ2v) is 11.9. The lowest BCUT2D eigenvalue weighted by molar-refractivity contribution is 0.668. The molecule has 0 radical (unpaired) electrons. The maximum atomic E-state index is 6.38. The van der Waals surface area contributed by atoms with Crippen LogP contribution in [0.1, 0.15) is 22.9 Å². The van der Waals surface area contributed by atoms with E-state index in [1.54, 1.807) is 0 Å². The summed E-state index contributed by atoms with van der Waals surface area (Å²) in [5, 5.41) is 8.08. The quantitative estimate of drug-likeness (QED) is 0.213. The van der Waals surface area contributed by atoms with Gasteiger partial charge in [0.1, 0.15) is 23.2 Å². The van der Waals surface area contributed by atoms with Gasteiger partial charge in [-0.15, -0.1) is 0 Å². The molecule has 7 aromatic carbocycles. The predicted octanol–water partition coefficient (Wildman–Crippen LogP) is 10.6. The first kappa shape index (κ1) is 27.1. The van der Waals surface area contributed by atoms with Gasteiger partial charge in [0.05, 0.1) is 0 Å². The van der Waals surface area contributed by atoms with Crippen LogP contribution in [-0.4, -0.2) is 11.7 Å². The van der Waals surface area contributed by atoms with Gasteiger partial charge < -0.3 is 9.73 Å². The number of hydrogen-bond donors (Lipinski definition) is 1. The summed E-state index contributed by atoms with van der Waals surface area (Å²) in [6, 6.07) is 57.0. The Labute approximate surface area is 272 Å². The number of nitrogens with one attached hydrogen (secondary N) is 1. The van der Waals surface area contributed by atoms with E-state index in [2.05, 4.69) is 145 Å². The molecule has 0 spiro atoms. The summed E-state index contributed by atoms with van der Waals surface area (Å²) in [6.45, 7) is 0. The normalized spacial score (nSPS) is 14.6. The lowest BCUT2D eigenvalue weighted by Gasteiger charge is -2.24. The smallest absolute Gasteiger partial charge is 0.160 e. The molecule has 4 nitrogen and oxygen atoms in total. The van der Waals surface area contributed by atoms with Gasteiger partial charge in [0.15, 0.2) is 5.84 Å². The first-order valence-electron chi connectivity index (χ1n) is 15.9. The summed E-state index contributed by atoms with van der Waals surface area (Å²) in [5.41, 5.74) is 9.33. The highest BCUT2D eigenvalue weighted by Crippen LogP contribution is 2.36. The van der Waals surface area contributed by atoms with Gasteiger partial charge in [0, 0.05) is 21.9 Å². The molecule has 0 fully saturated rings. The molecule has 0 saturated carbocycles. The number of nitrogens with zero attached hydrogens (tertiary/aromatic N) is 2. The molecule has 0 bridgehead atoms. The van der Waals surface area contributed by atoms with E-state index >= 15 is 0 Å². The topological polar surface area (TPSA) is 49.9 Å². The summed E-state index contributed by atoms with van der Waals surface area (Å²) in [5.74, 6) is 1.45. The first-order valence-corrected chi connectivity index (χ1v) is 15.9. The third kappa shape index (κ3) is 4.97. The lowest BCUT2D eigenvalue weighted by Crippen LogP contribution is -2.33. The highest BCUT2D eigenvalue weighted by Gasteiger charge is 2.24. The van der Waals surface area contributed by atoms with E-state index in [1.165, 1.54) is 21.9 Å². The number of fused-ring (bicyclic) bond motifs is 4. The fraction of sp³-hybridized carbons (Fsp3) is 0.0233. The van der Waals surface area contributed by atoms with Crippen molar-refractivity contribution in [3.05, 3.63) is 180 Å². The molecule has 9 rings (SSSR count). The minimum atomic E-state index is -0.331. The molecular weight excluding hydrogens is 574 g/mol. The van der Waals surface area contributed by atoms with E-state index < -0.39 is 0 Å². The van der Waals surface area contributed by atoms with E-state index in [0.717, 1.165) is 55.6 Å². The zero-order chi connectivity index (χ0) is 31.2. The summed E-state index contributed by atoms with van der Waals surface area (Å²) in [7, 11) is 0. The van der Waals surface area contributed by atoms with Crippen LogP contribution in [-0.2, 0) is 0 Å². The molecule has 222 valence electrons. The molecule has 1 atom stereocenters. The van der Waals surface area contributed by atoms with Crippen molar-refractivity contribution in [3.63, 3.8) is 0 Å². The van der Waals surface area contributed by atoms with Crippen LogP contribution in [0.25, 0.3) is 55.0 Å². The largest absolute Gasteiger partial charge is 0.456 e. The van der Waals surface area contributed by atoms with Crippen LogP contribution in [0.5, 0.6) is 0 Å². The molecule has 4 heteroatoms. The number of aliphatic imine (C=N–C) groups is 2. The molecule has 2 heterocycles. The van der Waals surface area contributed by atoms with Crippen LogP contribution in [0.15, 0.2) is 178 Å². The highest BCUT2D eigenvalue weighted by atomic mass is 16.3. The van der Waals surface area contributed by atoms with Gasteiger partial charge in [-0.25, -0.2) is 9.98 Å². The van der Waals surface area contributed by atoms with E-state index in [-0.39, 0.29) is 6.17 Å². The maximum Gasteiger partial charge on any atom is 0.160 e. The number of hydrogen-bond acceptors (Lipinski definition) is 4. The van der Waals surface area contributed by atoms with Crippen LogP contribution >= 0.6 is 0 Å². The van der Waals surface area contributed by atoms with Gasteiger partial charge in [-0.2, -0.15) is 0 Å². The Kier molecular flexibility index (Phi) is 6.50. The molecule has 1 aromatic heterocycles.